The quantitative estimate of drug-likeness (QED) is 0.327. The molecule has 1 aromatic rings. The van der Waals surface area contributed by atoms with Crippen molar-refractivity contribution < 1.29 is 24.2 Å². The van der Waals surface area contributed by atoms with Gasteiger partial charge in [-0.05, 0) is 24.1 Å². The van der Waals surface area contributed by atoms with Gasteiger partial charge in [0.25, 0.3) is 0 Å². The first-order valence-electron chi connectivity index (χ1n) is 11.1. The number of hydrogen-bond donors (Lipinski definition) is 2. The molecule has 2 amide bonds. The summed E-state index contributed by atoms with van der Waals surface area (Å²) in [4.78, 5) is 27.1. The summed E-state index contributed by atoms with van der Waals surface area (Å²) < 4.78 is 11.0. The topological polar surface area (TPSA) is 88.1 Å². The summed E-state index contributed by atoms with van der Waals surface area (Å²) in [5.41, 5.74) is 0.896. The Bertz CT molecular complexity index is 934. The number of hydrogen-bond acceptors (Lipinski definition) is 6. The zero-order chi connectivity index (χ0) is 23.4. The van der Waals surface area contributed by atoms with Crippen LogP contribution in [-0.2, 0) is 25.5 Å². The molecule has 6 atom stereocenters. The minimum atomic E-state index is -1.14. The number of carbonyl (C=O) groups excluding carboxylic acids is 2. The number of thioether (sulfide) groups is 1. The Labute approximate surface area is 198 Å². The summed E-state index contributed by atoms with van der Waals surface area (Å²) in [5, 5.41) is 13.5. The molecule has 0 radical (unpaired) electrons. The fourth-order valence-electron chi connectivity index (χ4n) is 4.43. The Morgan fingerprint density at radius 1 is 1.39 bits per heavy atom. The molecular formula is C25H30N2O5S. The van der Waals surface area contributed by atoms with E-state index in [9.17, 15) is 14.7 Å². The van der Waals surface area contributed by atoms with E-state index in [1.807, 2.05) is 48.6 Å². The lowest BCUT2D eigenvalue weighted by atomic mass is 9.92. The number of allylic oxidation sites excluding steroid dienone is 2. The van der Waals surface area contributed by atoms with Gasteiger partial charge < -0.3 is 24.8 Å². The monoisotopic (exact) mass is 470 g/mol. The highest BCUT2D eigenvalue weighted by molar-refractivity contribution is 8.00. The first-order valence-corrected chi connectivity index (χ1v) is 12.2. The smallest absolute Gasteiger partial charge is 0.249 e. The number of nitrogens with one attached hydrogen (secondary N) is 1. The van der Waals surface area contributed by atoms with Crippen molar-refractivity contribution >= 4 is 23.6 Å². The Balaban J connectivity index is 1.35. The molecule has 0 bridgehead atoms. The number of aliphatic hydroxyl groups is 1. The van der Waals surface area contributed by atoms with Gasteiger partial charge in [-0.25, -0.2) is 0 Å². The fraction of sp³-hybridized carbons (Fsp3) is 0.440. The molecule has 33 heavy (non-hydrogen) atoms. The lowest BCUT2D eigenvalue weighted by molar-refractivity contribution is -0.187. The largest absolute Gasteiger partial charge is 0.497 e. The predicted octanol–water partition coefficient (Wildman–Crippen LogP) is 2.24. The SMILES string of the molecule is C=CC1CSC2C(NC(=O)Cc3ccccc3)C(=O)N2C1C(O)OCC1C=CC(OC)=CC1. The van der Waals surface area contributed by atoms with Gasteiger partial charge in [0, 0.05) is 17.6 Å². The van der Waals surface area contributed by atoms with Gasteiger partial charge in [-0.3, -0.25) is 9.59 Å². The number of β-lactam (4-membered cyclic amide) rings is 1. The third kappa shape index (κ3) is 5.18. The minimum Gasteiger partial charge on any atom is -0.497 e. The van der Waals surface area contributed by atoms with Gasteiger partial charge in [0.2, 0.25) is 11.8 Å². The highest BCUT2D eigenvalue weighted by atomic mass is 32.2. The van der Waals surface area contributed by atoms with Crippen molar-refractivity contribution in [3.05, 3.63) is 72.5 Å². The number of aliphatic hydroxyl groups excluding tert-OH is 1. The number of fused-ring (bicyclic) bond motifs is 1. The summed E-state index contributed by atoms with van der Waals surface area (Å²) in [5.74, 6) is 1.15. The zero-order valence-corrected chi connectivity index (χ0v) is 19.4. The molecule has 2 saturated heterocycles. The number of ether oxygens (including phenoxy) is 2. The van der Waals surface area contributed by atoms with Crippen LogP contribution in [0.2, 0.25) is 0 Å². The summed E-state index contributed by atoms with van der Waals surface area (Å²) in [6.45, 7) is 4.22. The molecule has 0 spiro atoms. The number of methoxy groups -OCH3 is 1. The van der Waals surface area contributed by atoms with E-state index in [4.69, 9.17) is 9.47 Å². The van der Waals surface area contributed by atoms with E-state index in [1.54, 1.807) is 29.8 Å². The van der Waals surface area contributed by atoms with Gasteiger partial charge in [0.15, 0.2) is 6.29 Å². The molecule has 3 aliphatic rings. The van der Waals surface area contributed by atoms with Gasteiger partial charge in [-0.2, -0.15) is 0 Å². The van der Waals surface area contributed by atoms with Gasteiger partial charge in [0.05, 0.1) is 26.2 Å². The Kier molecular flexibility index (Phi) is 7.57. The summed E-state index contributed by atoms with van der Waals surface area (Å²) >= 11 is 1.60. The first-order chi connectivity index (χ1) is 16.0. The second-order valence-electron chi connectivity index (χ2n) is 8.46. The maximum Gasteiger partial charge on any atom is 0.249 e. The van der Waals surface area contributed by atoms with Crippen LogP contribution >= 0.6 is 11.8 Å². The maximum atomic E-state index is 13.0. The third-order valence-corrected chi connectivity index (χ3v) is 7.71. The van der Waals surface area contributed by atoms with Crippen LogP contribution in [0.15, 0.2) is 67.0 Å². The average molecular weight is 471 g/mol. The molecule has 2 N–H and O–H groups in total. The van der Waals surface area contributed by atoms with Crippen LogP contribution in [-0.4, -0.2) is 65.0 Å². The van der Waals surface area contributed by atoms with E-state index >= 15 is 0 Å². The molecule has 6 unspecified atom stereocenters. The number of rotatable bonds is 9. The van der Waals surface area contributed by atoms with Crippen LogP contribution in [0, 0.1) is 11.8 Å². The molecule has 0 saturated carbocycles. The molecular weight excluding hydrogens is 440 g/mol. The minimum absolute atomic E-state index is 0.104. The van der Waals surface area contributed by atoms with Gasteiger partial charge >= 0.3 is 0 Å². The first kappa shape index (κ1) is 23.6. The Morgan fingerprint density at radius 3 is 2.85 bits per heavy atom. The molecule has 176 valence electrons. The maximum absolute atomic E-state index is 13.0. The Morgan fingerprint density at radius 2 is 2.18 bits per heavy atom. The van der Waals surface area contributed by atoms with Gasteiger partial charge in [-0.15, -0.1) is 18.3 Å². The van der Waals surface area contributed by atoms with Crippen LogP contribution in [0.5, 0.6) is 0 Å². The van der Waals surface area contributed by atoms with Crippen LogP contribution in [0.4, 0.5) is 0 Å². The number of carbonyl (C=O) groups is 2. The van der Waals surface area contributed by atoms with Crippen molar-refractivity contribution in [3.8, 4) is 0 Å². The summed E-state index contributed by atoms with van der Waals surface area (Å²) in [6, 6.07) is 8.31. The van der Waals surface area contributed by atoms with E-state index in [0.29, 0.717) is 12.4 Å². The number of amides is 2. The van der Waals surface area contributed by atoms with E-state index < -0.39 is 18.4 Å². The van der Waals surface area contributed by atoms with Gasteiger partial charge in [-0.1, -0.05) is 42.5 Å². The van der Waals surface area contributed by atoms with E-state index in [-0.39, 0.29) is 35.4 Å². The molecule has 2 aliphatic heterocycles. The molecule has 7 nitrogen and oxygen atoms in total. The van der Waals surface area contributed by atoms with Crippen molar-refractivity contribution in [1.82, 2.24) is 10.2 Å². The number of benzene rings is 1. The molecule has 0 aromatic heterocycles. The lowest BCUT2D eigenvalue weighted by Gasteiger charge is -2.56. The van der Waals surface area contributed by atoms with Crippen molar-refractivity contribution in [2.75, 3.05) is 19.5 Å². The highest BCUT2D eigenvalue weighted by Crippen LogP contribution is 2.42. The molecule has 1 aliphatic carbocycles. The summed E-state index contributed by atoms with van der Waals surface area (Å²) in [6.07, 6.45) is 7.50. The van der Waals surface area contributed by atoms with Crippen LogP contribution in [0.25, 0.3) is 0 Å². The lowest BCUT2D eigenvalue weighted by Crippen LogP contribution is -2.76. The molecule has 2 heterocycles. The molecule has 2 fully saturated rings. The fourth-order valence-corrected chi connectivity index (χ4v) is 5.96. The average Bonchev–Trinajstić information content (AvgIpc) is 2.85. The second-order valence-corrected chi connectivity index (χ2v) is 9.61. The van der Waals surface area contributed by atoms with Crippen molar-refractivity contribution in [3.63, 3.8) is 0 Å². The van der Waals surface area contributed by atoms with Crippen molar-refractivity contribution in [2.24, 2.45) is 11.8 Å². The number of nitrogens with zero attached hydrogens (tertiary/aromatic N) is 1. The van der Waals surface area contributed by atoms with Crippen LogP contribution in [0.1, 0.15) is 12.0 Å². The Hall–Kier alpha value is -2.55. The molecule has 8 heteroatoms. The van der Waals surface area contributed by atoms with Gasteiger partial charge in [0.1, 0.15) is 17.2 Å². The van der Waals surface area contributed by atoms with E-state index in [2.05, 4.69) is 11.9 Å². The predicted molar refractivity (Wildman–Crippen MR) is 127 cm³/mol. The third-order valence-electron chi connectivity index (χ3n) is 6.29. The zero-order valence-electron chi connectivity index (χ0n) is 18.6. The second kappa shape index (κ2) is 10.6. The van der Waals surface area contributed by atoms with Crippen molar-refractivity contribution in [1.29, 1.82) is 0 Å². The van der Waals surface area contributed by atoms with E-state index in [1.165, 1.54) is 0 Å². The molecule has 1 aromatic carbocycles. The van der Waals surface area contributed by atoms with Crippen LogP contribution in [0.3, 0.4) is 0 Å². The van der Waals surface area contributed by atoms with Crippen molar-refractivity contribution in [2.45, 2.75) is 36.6 Å². The van der Waals surface area contributed by atoms with Crippen LogP contribution < -0.4 is 5.32 Å². The molecule has 4 rings (SSSR count). The normalized spacial score (nSPS) is 29.4. The van der Waals surface area contributed by atoms with E-state index in [0.717, 1.165) is 17.7 Å². The highest BCUT2D eigenvalue weighted by Gasteiger charge is 2.57. The summed E-state index contributed by atoms with van der Waals surface area (Å²) in [7, 11) is 1.63. The standard InChI is InChI=1S/C25H30N2O5S/c1-3-18-15-33-24-21(26-20(28)13-16-7-5-4-6-8-16)23(29)27(24)22(18)25(30)32-14-17-9-11-19(31-2)12-10-17/h3-9,11-12,17-18,21-22,24-25,30H,1,10,13-15H2,2H3,(H,26,28).